The fraction of sp³-hybridized carbons (Fsp3) is 0.130. The largest absolute Gasteiger partial charge is 0.871 e. The van der Waals surface area contributed by atoms with Crippen molar-refractivity contribution in [1.82, 2.24) is 4.98 Å². The van der Waals surface area contributed by atoms with E-state index in [0.717, 1.165) is 17.7 Å². The number of aliphatic imine (C=N–C) groups is 1. The first kappa shape index (κ1) is 22.9. The smallest absolute Gasteiger partial charge is 0.232 e. The molecule has 0 saturated heterocycles. The maximum atomic E-state index is 15.1. The van der Waals surface area contributed by atoms with E-state index in [1.807, 2.05) is 0 Å². The van der Waals surface area contributed by atoms with Crippen LogP contribution < -0.4 is 9.83 Å². The molecule has 2 aromatic carbocycles. The van der Waals surface area contributed by atoms with Crippen molar-refractivity contribution >= 4 is 50.7 Å². The Hall–Kier alpha value is -3.30. The van der Waals surface area contributed by atoms with Crippen molar-refractivity contribution in [2.75, 3.05) is 10.5 Å². The average molecular weight is 489 g/mol. The number of halogens is 3. The van der Waals surface area contributed by atoms with Crippen molar-refractivity contribution in [2.45, 2.75) is 13.3 Å². The highest BCUT2D eigenvalue weighted by Gasteiger charge is 2.22. The minimum absolute atomic E-state index is 0.0559. The molecular weight excluding hydrogens is 472 g/mol. The van der Waals surface area contributed by atoms with Crippen LogP contribution in [-0.4, -0.2) is 25.4 Å². The number of aromatic nitrogens is 1. The van der Waals surface area contributed by atoms with Crippen LogP contribution in [0.5, 0.6) is 0 Å². The number of rotatable bonds is 6. The van der Waals surface area contributed by atoms with Crippen molar-refractivity contribution in [3.63, 3.8) is 0 Å². The Morgan fingerprint density at radius 1 is 1.12 bits per heavy atom. The highest BCUT2D eigenvalue weighted by molar-refractivity contribution is 7.92. The second kappa shape index (κ2) is 8.92. The van der Waals surface area contributed by atoms with Gasteiger partial charge in [0.1, 0.15) is 5.82 Å². The van der Waals surface area contributed by atoms with Gasteiger partial charge in [-0.05, 0) is 47.9 Å². The molecule has 170 valence electrons. The van der Waals surface area contributed by atoms with Crippen molar-refractivity contribution in [3.05, 3.63) is 76.4 Å². The fourth-order valence-corrected chi connectivity index (χ4v) is 4.65. The Kier molecular flexibility index (Phi) is 6.18. The molecule has 10 heteroatoms. The zero-order valence-electron chi connectivity index (χ0n) is 17.3. The first-order valence-corrected chi connectivity index (χ1v) is 11.9. The van der Waals surface area contributed by atoms with Gasteiger partial charge in [0.15, 0.2) is 11.6 Å². The Morgan fingerprint density at radius 3 is 2.55 bits per heavy atom. The molecule has 33 heavy (non-hydrogen) atoms. The van der Waals surface area contributed by atoms with E-state index in [9.17, 15) is 17.9 Å². The monoisotopic (exact) mass is 488 g/mol. The number of anilines is 1. The summed E-state index contributed by atoms with van der Waals surface area (Å²) in [4.78, 5) is 8.30. The van der Waals surface area contributed by atoms with Gasteiger partial charge in [0.2, 0.25) is 10.0 Å². The molecule has 1 N–H and O–H groups in total. The molecule has 0 aliphatic carbocycles. The SMILES string of the molecule is CCCS(=O)(=O)Nc1ccc(F)c(C([O-])=C2C=Nc3ncc(-c4ccc(Cl)cc4)cc32)c1F. The van der Waals surface area contributed by atoms with Crippen LogP contribution in [0, 0.1) is 11.6 Å². The van der Waals surface area contributed by atoms with E-state index in [0.29, 0.717) is 22.6 Å². The average Bonchev–Trinajstić information content (AvgIpc) is 3.19. The van der Waals surface area contributed by atoms with E-state index >= 15 is 4.39 Å². The van der Waals surface area contributed by atoms with Gasteiger partial charge in [0.05, 0.1) is 11.4 Å². The summed E-state index contributed by atoms with van der Waals surface area (Å²) in [7, 11) is -3.85. The second-order valence-corrected chi connectivity index (χ2v) is 9.59. The maximum absolute atomic E-state index is 15.1. The number of hydrogen-bond donors (Lipinski definition) is 1. The van der Waals surface area contributed by atoms with E-state index in [1.54, 1.807) is 43.5 Å². The number of fused-ring (bicyclic) bond motifs is 1. The molecule has 1 aromatic heterocycles. The molecule has 1 aliphatic rings. The summed E-state index contributed by atoms with van der Waals surface area (Å²) < 4.78 is 55.8. The van der Waals surface area contributed by atoms with Crippen LogP contribution in [0.25, 0.3) is 22.5 Å². The molecule has 0 saturated carbocycles. The Morgan fingerprint density at radius 2 is 1.85 bits per heavy atom. The number of nitrogens with one attached hydrogen (secondary N) is 1. The lowest BCUT2D eigenvalue weighted by molar-refractivity contribution is -0.243. The third-order valence-electron chi connectivity index (χ3n) is 4.95. The summed E-state index contributed by atoms with van der Waals surface area (Å²) in [6, 6.07) is 10.4. The van der Waals surface area contributed by atoms with Gasteiger partial charge in [0.25, 0.3) is 0 Å². The van der Waals surface area contributed by atoms with Crippen LogP contribution in [0.1, 0.15) is 24.5 Å². The summed E-state index contributed by atoms with van der Waals surface area (Å²) in [5, 5.41) is 13.7. The van der Waals surface area contributed by atoms with E-state index in [4.69, 9.17) is 11.6 Å². The molecule has 0 atom stereocenters. The summed E-state index contributed by atoms with van der Waals surface area (Å²) in [5.41, 5.74) is 0.305. The van der Waals surface area contributed by atoms with Gasteiger partial charge in [-0.25, -0.2) is 27.2 Å². The van der Waals surface area contributed by atoms with Crippen molar-refractivity contribution in [2.24, 2.45) is 4.99 Å². The van der Waals surface area contributed by atoms with Crippen molar-refractivity contribution in [1.29, 1.82) is 0 Å². The summed E-state index contributed by atoms with van der Waals surface area (Å²) in [6.45, 7) is 1.65. The molecule has 0 fully saturated rings. The van der Waals surface area contributed by atoms with Crippen LogP contribution >= 0.6 is 11.6 Å². The van der Waals surface area contributed by atoms with Crippen molar-refractivity contribution < 1.29 is 22.3 Å². The molecule has 2 heterocycles. The van der Waals surface area contributed by atoms with Gasteiger partial charge in [-0.15, -0.1) is 0 Å². The Bertz CT molecular complexity index is 1410. The van der Waals surface area contributed by atoms with Crippen LogP contribution in [-0.2, 0) is 10.0 Å². The third kappa shape index (κ3) is 4.60. The second-order valence-electron chi connectivity index (χ2n) is 7.31. The molecular formula is C23H17ClF2N3O3S-. The highest BCUT2D eigenvalue weighted by Crippen LogP contribution is 2.37. The van der Waals surface area contributed by atoms with E-state index in [-0.39, 0.29) is 17.1 Å². The third-order valence-corrected chi connectivity index (χ3v) is 6.68. The molecule has 1 aliphatic heterocycles. The topological polar surface area (TPSA) is 94.5 Å². The highest BCUT2D eigenvalue weighted by atomic mass is 35.5. The number of benzene rings is 2. The standard InChI is InChI=1S/C23H18ClF2N3O3S/c1-2-9-33(31,32)29-19-8-7-18(25)20(21(19)26)22(30)17-12-28-23-16(17)10-14(11-27-23)13-3-5-15(24)6-4-13/h3-8,10-12,29-30H,2,9H2,1H3/p-1. The quantitative estimate of drug-likeness (QED) is 0.505. The zero-order chi connectivity index (χ0) is 23.8. The Labute approximate surface area is 194 Å². The van der Waals surface area contributed by atoms with Gasteiger partial charge in [-0.2, -0.15) is 0 Å². The molecule has 6 nitrogen and oxygen atoms in total. The molecule has 4 rings (SSSR count). The van der Waals surface area contributed by atoms with Crippen LogP contribution in [0.3, 0.4) is 0 Å². The van der Waals surface area contributed by atoms with Crippen LogP contribution in [0.4, 0.5) is 20.3 Å². The van der Waals surface area contributed by atoms with E-state index in [1.165, 1.54) is 6.21 Å². The Balaban J connectivity index is 1.80. The predicted molar refractivity (Wildman–Crippen MR) is 124 cm³/mol. The van der Waals surface area contributed by atoms with E-state index in [2.05, 4.69) is 14.7 Å². The number of sulfonamides is 1. The first-order valence-electron chi connectivity index (χ1n) is 9.90. The van der Waals surface area contributed by atoms with Gasteiger partial charge < -0.3 is 5.11 Å². The molecule has 0 bridgehead atoms. The first-order chi connectivity index (χ1) is 15.7. The lowest BCUT2D eigenvalue weighted by Crippen LogP contribution is -2.18. The van der Waals surface area contributed by atoms with Gasteiger partial charge in [-0.3, -0.25) is 4.72 Å². The lowest BCUT2D eigenvalue weighted by Gasteiger charge is -2.19. The minimum atomic E-state index is -3.85. The number of hydrogen-bond acceptors (Lipinski definition) is 5. The number of allylic oxidation sites excluding steroid dienone is 1. The minimum Gasteiger partial charge on any atom is -0.871 e. The van der Waals surface area contributed by atoms with Gasteiger partial charge in [-0.1, -0.05) is 36.4 Å². The van der Waals surface area contributed by atoms with Gasteiger partial charge >= 0.3 is 0 Å². The molecule has 0 amide bonds. The predicted octanol–water partition coefficient (Wildman–Crippen LogP) is 4.78. The van der Waals surface area contributed by atoms with Crippen LogP contribution in [0.15, 0.2) is 53.7 Å². The lowest BCUT2D eigenvalue weighted by atomic mass is 9.99. The van der Waals surface area contributed by atoms with E-state index < -0.39 is 38.7 Å². The molecule has 3 aromatic rings. The molecule has 0 unspecified atom stereocenters. The summed E-state index contributed by atoms with van der Waals surface area (Å²) in [5.74, 6) is -3.40. The molecule has 0 radical (unpaired) electrons. The fourth-order valence-electron chi connectivity index (χ4n) is 3.40. The number of nitrogens with zero attached hydrogens (tertiary/aromatic N) is 2. The normalized spacial score (nSPS) is 14.3. The maximum Gasteiger partial charge on any atom is 0.232 e. The van der Waals surface area contributed by atoms with Crippen LogP contribution in [0.2, 0.25) is 5.02 Å². The molecule has 0 spiro atoms. The van der Waals surface area contributed by atoms with Crippen molar-refractivity contribution in [3.8, 4) is 11.1 Å². The summed E-state index contributed by atoms with van der Waals surface area (Å²) in [6.07, 6.45) is 3.06. The van der Waals surface area contributed by atoms with Gasteiger partial charge in [0, 0.05) is 34.1 Å². The number of pyridine rings is 1. The summed E-state index contributed by atoms with van der Waals surface area (Å²) >= 11 is 5.93. The zero-order valence-corrected chi connectivity index (χ0v) is 18.8.